The van der Waals surface area contributed by atoms with E-state index in [1.54, 1.807) is 6.07 Å². The van der Waals surface area contributed by atoms with Crippen LogP contribution in [0.4, 0.5) is 0 Å². The number of phenols is 3. The molecule has 33 heavy (non-hydrogen) atoms. The van der Waals surface area contributed by atoms with Crippen molar-refractivity contribution in [2.24, 2.45) is 11.3 Å². The van der Waals surface area contributed by atoms with Gasteiger partial charge in [0.25, 0.3) is 0 Å². The number of ether oxygens (including phenoxy) is 2. The van der Waals surface area contributed by atoms with Crippen LogP contribution < -0.4 is 14.9 Å². The van der Waals surface area contributed by atoms with Crippen molar-refractivity contribution in [2.75, 3.05) is 7.11 Å². The predicted octanol–water partition coefficient (Wildman–Crippen LogP) is 4.88. The Bertz CT molecular complexity index is 1380. The number of rotatable bonds is 2. The first-order valence-electron chi connectivity index (χ1n) is 10.8. The average Bonchev–Trinajstić information content (AvgIpc) is 2.72. The SMILES string of the molecule is COc1c(-c2ccc(O)c3c2C[C@@H]2C(C)(C)CC=C[C@]2(C)O3)oc2cc(O)cc(O)c2c1=O. The van der Waals surface area contributed by atoms with Gasteiger partial charge in [-0.2, -0.15) is 0 Å². The number of fused-ring (bicyclic) bond motifs is 3. The Morgan fingerprint density at radius 2 is 1.85 bits per heavy atom. The number of methoxy groups -OCH3 is 1. The second-order valence-corrected chi connectivity index (χ2v) is 9.71. The molecule has 172 valence electrons. The largest absolute Gasteiger partial charge is 0.508 e. The number of aromatic hydroxyl groups is 3. The van der Waals surface area contributed by atoms with Gasteiger partial charge < -0.3 is 29.2 Å². The lowest BCUT2D eigenvalue weighted by Gasteiger charge is -2.50. The molecule has 7 heteroatoms. The molecule has 3 aromatic rings. The summed E-state index contributed by atoms with van der Waals surface area (Å²) < 4.78 is 17.9. The third-order valence-corrected chi connectivity index (χ3v) is 7.06. The quantitative estimate of drug-likeness (QED) is 0.477. The molecule has 3 N–H and O–H groups in total. The van der Waals surface area contributed by atoms with Crippen molar-refractivity contribution in [1.29, 1.82) is 0 Å². The molecule has 2 atom stereocenters. The maximum absolute atomic E-state index is 13.2. The fraction of sp³-hybridized carbons (Fsp3) is 0.346. The molecule has 1 aliphatic carbocycles. The van der Waals surface area contributed by atoms with Gasteiger partial charge in [-0.15, -0.1) is 0 Å². The Labute approximate surface area is 190 Å². The first-order valence-corrected chi connectivity index (χ1v) is 10.8. The lowest BCUT2D eigenvalue weighted by molar-refractivity contribution is -0.0193. The van der Waals surface area contributed by atoms with Crippen molar-refractivity contribution >= 4 is 11.0 Å². The van der Waals surface area contributed by atoms with Crippen LogP contribution in [-0.4, -0.2) is 28.0 Å². The predicted molar refractivity (Wildman–Crippen MR) is 123 cm³/mol. The van der Waals surface area contributed by atoms with Crippen LogP contribution in [0.3, 0.4) is 0 Å². The first-order chi connectivity index (χ1) is 15.6. The fourth-order valence-corrected chi connectivity index (χ4v) is 5.41. The number of hydrogen-bond donors (Lipinski definition) is 3. The zero-order chi connectivity index (χ0) is 23.7. The summed E-state index contributed by atoms with van der Waals surface area (Å²) in [5, 5.41) is 30.7. The van der Waals surface area contributed by atoms with Crippen LogP contribution in [0.5, 0.6) is 28.7 Å². The van der Waals surface area contributed by atoms with E-state index in [0.717, 1.165) is 12.5 Å². The van der Waals surface area contributed by atoms with Gasteiger partial charge in [0, 0.05) is 29.2 Å². The molecule has 0 saturated carbocycles. The average molecular weight is 450 g/mol. The van der Waals surface area contributed by atoms with Crippen molar-refractivity contribution in [1.82, 2.24) is 0 Å². The monoisotopic (exact) mass is 450 g/mol. The Morgan fingerprint density at radius 3 is 2.58 bits per heavy atom. The van der Waals surface area contributed by atoms with Crippen molar-refractivity contribution < 1.29 is 29.2 Å². The highest BCUT2D eigenvalue weighted by atomic mass is 16.5. The minimum absolute atomic E-state index is 0.00240. The van der Waals surface area contributed by atoms with Gasteiger partial charge in [0.1, 0.15) is 28.1 Å². The van der Waals surface area contributed by atoms with Gasteiger partial charge in [0.2, 0.25) is 11.2 Å². The van der Waals surface area contributed by atoms with Crippen molar-refractivity contribution in [2.45, 2.75) is 39.2 Å². The standard InChI is InChI=1S/C26H26O7/c1-25(2)8-5-9-26(3)19(25)12-15-14(6-7-16(28)22(15)33-26)23-24(31-4)21(30)20-17(29)10-13(27)11-18(20)32-23/h5-7,9-11,19,27-29H,8,12H2,1-4H3/t19-,26+/m1/s1. The maximum Gasteiger partial charge on any atom is 0.239 e. The van der Waals surface area contributed by atoms with Crippen LogP contribution in [0.15, 0.2) is 45.6 Å². The Morgan fingerprint density at radius 1 is 1.09 bits per heavy atom. The molecule has 2 aliphatic rings. The number of benzene rings is 2. The molecule has 2 heterocycles. The van der Waals surface area contributed by atoms with E-state index in [0.29, 0.717) is 23.3 Å². The molecule has 0 bridgehead atoms. The summed E-state index contributed by atoms with van der Waals surface area (Å²) >= 11 is 0. The molecule has 7 nitrogen and oxygen atoms in total. The molecular formula is C26H26O7. The smallest absolute Gasteiger partial charge is 0.239 e. The van der Waals surface area contributed by atoms with Crippen LogP contribution in [-0.2, 0) is 6.42 Å². The van der Waals surface area contributed by atoms with E-state index < -0.39 is 16.8 Å². The van der Waals surface area contributed by atoms with Gasteiger partial charge in [0.05, 0.1) is 7.11 Å². The van der Waals surface area contributed by atoms with E-state index in [9.17, 15) is 20.1 Å². The van der Waals surface area contributed by atoms with E-state index >= 15 is 0 Å². The Kier molecular flexibility index (Phi) is 4.47. The lowest BCUT2D eigenvalue weighted by atomic mass is 9.61. The Balaban J connectivity index is 1.79. The second-order valence-electron chi connectivity index (χ2n) is 9.71. The number of phenolic OH excluding ortho intramolecular Hbond substituents is 3. The van der Waals surface area contributed by atoms with Gasteiger partial charge in [-0.1, -0.05) is 19.9 Å². The molecule has 5 rings (SSSR count). The van der Waals surface area contributed by atoms with Gasteiger partial charge in [0.15, 0.2) is 17.3 Å². The van der Waals surface area contributed by atoms with Gasteiger partial charge in [-0.25, -0.2) is 0 Å². The summed E-state index contributed by atoms with van der Waals surface area (Å²) in [6, 6.07) is 5.52. The first kappa shape index (κ1) is 21.2. The highest BCUT2D eigenvalue weighted by Crippen LogP contribution is 2.54. The minimum atomic E-state index is -0.587. The molecule has 0 fully saturated rings. The highest BCUT2D eigenvalue weighted by Gasteiger charge is 2.50. The van der Waals surface area contributed by atoms with Crippen LogP contribution in [0.25, 0.3) is 22.3 Å². The lowest BCUT2D eigenvalue weighted by Crippen LogP contribution is -2.51. The van der Waals surface area contributed by atoms with Crippen LogP contribution in [0, 0.1) is 11.3 Å². The molecule has 1 aromatic heterocycles. The summed E-state index contributed by atoms with van der Waals surface area (Å²) in [5.41, 5.74) is 0.0834. The van der Waals surface area contributed by atoms with Crippen LogP contribution in [0.2, 0.25) is 0 Å². The van der Waals surface area contributed by atoms with E-state index in [1.165, 1.54) is 19.2 Å². The summed E-state index contributed by atoms with van der Waals surface area (Å²) in [5.74, 6) is -0.109. The molecule has 0 saturated heterocycles. The van der Waals surface area contributed by atoms with Crippen LogP contribution >= 0.6 is 0 Å². The van der Waals surface area contributed by atoms with Crippen molar-refractivity contribution in [3.05, 3.63) is 52.2 Å². The number of allylic oxidation sites excluding steroid dienone is 1. The molecular weight excluding hydrogens is 424 g/mol. The third kappa shape index (κ3) is 3.06. The van der Waals surface area contributed by atoms with E-state index in [2.05, 4.69) is 26.0 Å². The summed E-state index contributed by atoms with van der Waals surface area (Å²) in [6.07, 6.45) is 5.66. The molecule has 0 spiro atoms. The molecule has 2 aromatic carbocycles. The molecule has 0 unspecified atom stereocenters. The molecule has 1 aliphatic heterocycles. The summed E-state index contributed by atoms with van der Waals surface area (Å²) in [7, 11) is 1.36. The van der Waals surface area contributed by atoms with Crippen molar-refractivity contribution in [3.8, 4) is 40.1 Å². The van der Waals surface area contributed by atoms with Crippen LogP contribution in [0.1, 0.15) is 32.8 Å². The molecule has 0 amide bonds. The van der Waals surface area contributed by atoms with E-state index in [-0.39, 0.29) is 45.3 Å². The zero-order valence-electron chi connectivity index (χ0n) is 18.9. The highest BCUT2D eigenvalue weighted by molar-refractivity contribution is 5.89. The normalized spacial score (nSPS) is 23.0. The zero-order valence-corrected chi connectivity index (χ0v) is 18.9. The van der Waals surface area contributed by atoms with Crippen molar-refractivity contribution in [3.63, 3.8) is 0 Å². The van der Waals surface area contributed by atoms with E-state index in [1.807, 2.05) is 6.92 Å². The fourth-order valence-electron chi connectivity index (χ4n) is 5.41. The Hall–Kier alpha value is -3.61. The van der Waals surface area contributed by atoms with Gasteiger partial charge >= 0.3 is 0 Å². The number of hydrogen-bond acceptors (Lipinski definition) is 7. The van der Waals surface area contributed by atoms with E-state index in [4.69, 9.17) is 13.9 Å². The summed E-state index contributed by atoms with van der Waals surface area (Å²) in [6.45, 7) is 6.41. The minimum Gasteiger partial charge on any atom is -0.508 e. The second kappa shape index (κ2) is 6.94. The molecule has 0 radical (unpaired) electrons. The summed E-state index contributed by atoms with van der Waals surface area (Å²) in [4.78, 5) is 13.2. The third-order valence-electron chi connectivity index (χ3n) is 7.06. The van der Waals surface area contributed by atoms with Gasteiger partial charge in [-0.3, -0.25) is 4.79 Å². The maximum atomic E-state index is 13.2. The topological polar surface area (TPSA) is 109 Å². The van der Waals surface area contributed by atoms with Gasteiger partial charge in [-0.05, 0) is 43.4 Å².